The van der Waals surface area contributed by atoms with Gasteiger partial charge in [0.15, 0.2) is 0 Å². The van der Waals surface area contributed by atoms with E-state index in [0.29, 0.717) is 0 Å². The molecule has 0 aliphatic rings. The third-order valence-corrected chi connectivity index (χ3v) is 9.56. The lowest BCUT2D eigenvalue weighted by Crippen LogP contribution is -2.13. The van der Waals surface area contributed by atoms with E-state index in [1.807, 2.05) is 12.3 Å². The third-order valence-electron chi connectivity index (χ3n) is 9.56. The van der Waals surface area contributed by atoms with Gasteiger partial charge in [0.25, 0.3) is 0 Å². The van der Waals surface area contributed by atoms with Gasteiger partial charge in [0.2, 0.25) is 0 Å². The molecule has 0 saturated heterocycles. The second kappa shape index (κ2) is 11.2. The predicted octanol–water partition coefficient (Wildman–Crippen LogP) is 12.3. The summed E-state index contributed by atoms with van der Waals surface area (Å²) in [5, 5.41) is 2.58. The average molecular weight is 622 g/mol. The molecule has 0 saturated carbocycles. The number of H-pyrrole nitrogens is 1. The molecule has 3 heteroatoms. The van der Waals surface area contributed by atoms with Crippen molar-refractivity contribution in [2.75, 3.05) is 0 Å². The van der Waals surface area contributed by atoms with Gasteiger partial charge in [-0.25, -0.2) is 9.97 Å². The van der Waals surface area contributed by atoms with Crippen molar-refractivity contribution in [3.63, 3.8) is 0 Å². The molecule has 0 bridgehead atoms. The van der Waals surface area contributed by atoms with Gasteiger partial charge in [-0.3, -0.25) is 0 Å². The molecule has 2 aromatic heterocycles. The first-order valence-corrected chi connectivity index (χ1v) is 17.0. The van der Waals surface area contributed by atoms with Gasteiger partial charge in [0, 0.05) is 33.6 Å². The Hall–Kier alpha value is -4.24. The van der Waals surface area contributed by atoms with Crippen LogP contribution >= 0.6 is 0 Å². The molecule has 0 aliphatic heterocycles. The summed E-state index contributed by atoms with van der Waals surface area (Å²) in [4.78, 5) is 12.7. The van der Waals surface area contributed by atoms with Gasteiger partial charge in [0.1, 0.15) is 6.33 Å². The fourth-order valence-corrected chi connectivity index (χ4v) is 6.35. The van der Waals surface area contributed by atoms with Crippen LogP contribution in [0.4, 0.5) is 0 Å². The lowest BCUT2D eigenvalue weighted by Gasteiger charge is -2.25. The molecule has 1 N–H and O–H groups in total. The van der Waals surface area contributed by atoms with E-state index >= 15 is 0 Å². The fraction of sp³-hybridized carbons (Fsp3) is 0.364. The van der Waals surface area contributed by atoms with E-state index in [0.717, 1.165) is 11.3 Å². The van der Waals surface area contributed by atoms with Gasteiger partial charge in [-0.05, 0) is 109 Å². The lowest BCUT2D eigenvalue weighted by atomic mass is 9.80. The molecule has 0 unspecified atom stereocenters. The number of rotatable bonds is 3. The summed E-state index contributed by atoms with van der Waals surface area (Å²) in [6, 6.07) is 27.9. The smallest absolute Gasteiger partial charge is 0.116 e. The first-order chi connectivity index (χ1) is 21.8. The Kier molecular flexibility index (Phi) is 7.78. The summed E-state index contributed by atoms with van der Waals surface area (Å²) in [6.45, 7) is 27.6. The van der Waals surface area contributed by atoms with Crippen molar-refractivity contribution in [1.29, 1.82) is 0 Å². The number of hydrogen-bond donors (Lipinski definition) is 1. The van der Waals surface area contributed by atoms with Crippen LogP contribution in [0.2, 0.25) is 0 Å². The van der Waals surface area contributed by atoms with Crippen LogP contribution in [0, 0.1) is 0 Å². The van der Waals surface area contributed by atoms with Gasteiger partial charge in [-0.15, -0.1) is 0 Å². The Morgan fingerprint density at radius 2 is 0.979 bits per heavy atom. The van der Waals surface area contributed by atoms with Crippen molar-refractivity contribution < 1.29 is 0 Å². The summed E-state index contributed by atoms with van der Waals surface area (Å²) >= 11 is 0. The maximum Gasteiger partial charge on any atom is 0.116 e. The van der Waals surface area contributed by atoms with Crippen LogP contribution in [0.3, 0.4) is 0 Å². The molecule has 0 atom stereocenters. The number of hydrogen-bond acceptors (Lipinski definition) is 2. The molecular weight excluding hydrogens is 571 g/mol. The van der Waals surface area contributed by atoms with Crippen molar-refractivity contribution in [2.24, 2.45) is 0 Å². The monoisotopic (exact) mass is 621 g/mol. The van der Waals surface area contributed by atoms with E-state index in [2.05, 4.69) is 165 Å². The quantitative estimate of drug-likeness (QED) is 0.214. The highest BCUT2D eigenvalue weighted by Gasteiger charge is 2.24. The third kappa shape index (κ3) is 6.50. The van der Waals surface area contributed by atoms with Gasteiger partial charge in [0.05, 0.1) is 11.2 Å². The number of benzene rings is 4. The summed E-state index contributed by atoms with van der Waals surface area (Å²) in [7, 11) is 0. The number of nitrogens with one attached hydrogen (secondary N) is 1. The molecule has 0 amide bonds. The van der Waals surface area contributed by atoms with Crippen LogP contribution < -0.4 is 0 Å². The fourth-order valence-electron chi connectivity index (χ4n) is 6.35. The van der Waals surface area contributed by atoms with Gasteiger partial charge in [-0.1, -0.05) is 107 Å². The highest BCUT2D eigenvalue weighted by atomic mass is 14.8. The average Bonchev–Trinajstić information content (AvgIpc) is 3.37. The predicted molar refractivity (Wildman–Crippen MR) is 203 cm³/mol. The minimum atomic E-state index is -0.0370. The van der Waals surface area contributed by atoms with Crippen LogP contribution in [0.15, 0.2) is 85.3 Å². The highest BCUT2D eigenvalue weighted by molar-refractivity contribution is 6.12. The van der Waals surface area contributed by atoms with E-state index in [-0.39, 0.29) is 21.7 Å². The van der Waals surface area contributed by atoms with Crippen molar-refractivity contribution >= 4 is 21.8 Å². The van der Waals surface area contributed by atoms with E-state index in [9.17, 15) is 0 Å². The zero-order valence-electron chi connectivity index (χ0n) is 30.5. The van der Waals surface area contributed by atoms with Crippen molar-refractivity contribution in [3.8, 4) is 33.5 Å². The molecule has 4 aromatic carbocycles. The SMILES string of the molecule is CC(C)(C)c1cc(-c2cc(-c3cc(C(C)(C)C)cc4c3[nH]c3ccc(C(C)(C)C)cc34)cc(C(C)(C)C)c2)cc(-c2ccncn2)c1. The maximum atomic E-state index is 4.62. The Morgan fingerprint density at radius 3 is 1.53 bits per heavy atom. The van der Waals surface area contributed by atoms with E-state index in [1.54, 1.807) is 6.33 Å². The molecule has 242 valence electrons. The molecule has 0 fully saturated rings. The molecule has 0 radical (unpaired) electrons. The van der Waals surface area contributed by atoms with Crippen LogP contribution in [0.25, 0.3) is 55.3 Å². The molecule has 6 aromatic rings. The minimum absolute atomic E-state index is 0.00782. The highest BCUT2D eigenvalue weighted by Crippen LogP contribution is 2.42. The number of nitrogens with zero attached hydrogens (tertiary/aromatic N) is 2. The van der Waals surface area contributed by atoms with Gasteiger partial charge >= 0.3 is 0 Å². The van der Waals surface area contributed by atoms with Crippen LogP contribution in [0.5, 0.6) is 0 Å². The molecule has 6 rings (SSSR count). The van der Waals surface area contributed by atoms with Crippen molar-refractivity contribution in [1.82, 2.24) is 15.0 Å². The molecule has 2 heterocycles. The van der Waals surface area contributed by atoms with Crippen LogP contribution in [-0.4, -0.2) is 15.0 Å². The summed E-state index contributed by atoms with van der Waals surface area (Å²) in [5.74, 6) is 0. The lowest BCUT2D eigenvalue weighted by molar-refractivity contribution is 0.589. The summed E-state index contributed by atoms with van der Waals surface area (Å²) < 4.78 is 0. The zero-order chi connectivity index (χ0) is 34.1. The molecule has 47 heavy (non-hydrogen) atoms. The van der Waals surface area contributed by atoms with E-state index in [4.69, 9.17) is 0 Å². The summed E-state index contributed by atoms with van der Waals surface area (Å²) in [5.41, 5.74) is 14.6. The standard InChI is InChI=1S/C44H51N3/c1-41(2,3)31-13-14-39-36(23-31)37-25-34(44(10,11)12)24-35(40(37)47-39)29-17-27(19-32(21-29)42(4,5)6)28-18-30(38-15-16-45-26-46-38)22-33(20-28)43(7,8)9/h13-26,47H,1-12H3. The second-order valence-corrected chi connectivity index (χ2v) is 17.5. The van der Waals surface area contributed by atoms with Gasteiger partial charge < -0.3 is 4.98 Å². The minimum Gasteiger partial charge on any atom is -0.354 e. The topological polar surface area (TPSA) is 41.6 Å². The zero-order valence-corrected chi connectivity index (χ0v) is 30.5. The normalized spacial score (nSPS) is 13.1. The van der Waals surface area contributed by atoms with E-state index in [1.165, 1.54) is 66.3 Å². The Labute approximate surface area is 281 Å². The van der Waals surface area contributed by atoms with Crippen LogP contribution in [0.1, 0.15) is 105 Å². The number of fused-ring (bicyclic) bond motifs is 3. The first kappa shape index (κ1) is 32.7. The number of aromatic nitrogens is 3. The largest absolute Gasteiger partial charge is 0.354 e. The van der Waals surface area contributed by atoms with Gasteiger partial charge in [-0.2, -0.15) is 0 Å². The number of aromatic amines is 1. The molecule has 0 aliphatic carbocycles. The molecule has 0 spiro atoms. The Bertz CT molecular complexity index is 2100. The second-order valence-electron chi connectivity index (χ2n) is 17.5. The van der Waals surface area contributed by atoms with Crippen LogP contribution in [-0.2, 0) is 21.7 Å². The maximum absolute atomic E-state index is 4.62. The summed E-state index contributed by atoms with van der Waals surface area (Å²) in [6.07, 6.45) is 3.46. The van der Waals surface area contributed by atoms with Crippen molar-refractivity contribution in [2.45, 2.75) is 105 Å². The van der Waals surface area contributed by atoms with E-state index < -0.39 is 0 Å². The molecule has 3 nitrogen and oxygen atoms in total. The van der Waals surface area contributed by atoms with Crippen molar-refractivity contribution in [3.05, 3.63) is 108 Å². The Balaban J connectivity index is 1.67. The first-order valence-electron chi connectivity index (χ1n) is 17.0. The molecular formula is C44H51N3. The Morgan fingerprint density at radius 1 is 0.468 bits per heavy atom.